The highest BCUT2D eigenvalue weighted by molar-refractivity contribution is 8.17. The number of rotatable bonds is 3. The average Bonchev–Trinajstić information content (AvgIpc) is 3.40. The first-order valence-corrected chi connectivity index (χ1v) is 11.5. The monoisotopic (exact) mass is 354 g/mol. The highest BCUT2D eigenvalue weighted by atomic mass is 32.2. The summed E-state index contributed by atoms with van der Waals surface area (Å²) in [5.74, 6) is 4.96. The summed E-state index contributed by atoms with van der Waals surface area (Å²) in [6.45, 7) is 0. The summed E-state index contributed by atoms with van der Waals surface area (Å²) in [6, 6.07) is 12.8. The van der Waals surface area contributed by atoms with E-state index in [4.69, 9.17) is 4.74 Å². The highest BCUT2D eigenvalue weighted by Crippen LogP contribution is 2.50. The summed E-state index contributed by atoms with van der Waals surface area (Å²) < 4.78 is 5.95. The minimum Gasteiger partial charge on any atom is -0.426 e. The van der Waals surface area contributed by atoms with E-state index in [1.165, 1.54) is 53.9 Å². The van der Waals surface area contributed by atoms with Crippen LogP contribution in [0.4, 0.5) is 0 Å². The quantitative estimate of drug-likeness (QED) is 0.458. The van der Waals surface area contributed by atoms with Crippen molar-refractivity contribution in [3.8, 4) is 5.75 Å². The van der Waals surface area contributed by atoms with Gasteiger partial charge in [0.1, 0.15) is 5.75 Å². The lowest BCUT2D eigenvalue weighted by Crippen LogP contribution is -2.25. The molecule has 3 aliphatic rings. The van der Waals surface area contributed by atoms with Crippen LogP contribution in [-0.4, -0.2) is 17.5 Å². The summed E-state index contributed by atoms with van der Waals surface area (Å²) in [4.78, 5) is 14.3. The first kappa shape index (κ1) is 15.7. The Hall–Kier alpha value is -1.48. The third kappa shape index (κ3) is 2.77. The summed E-state index contributed by atoms with van der Waals surface area (Å²) in [7, 11) is -0.0259. The van der Waals surface area contributed by atoms with Crippen LogP contribution >= 0.6 is 10.9 Å². The number of esters is 1. The first-order valence-electron chi connectivity index (χ1n) is 9.78. The number of ether oxygens (including phenoxy) is 1. The van der Waals surface area contributed by atoms with Crippen LogP contribution < -0.4 is 4.74 Å². The molecule has 2 nitrogen and oxygen atoms in total. The molecule has 25 heavy (non-hydrogen) atoms. The SMILES string of the molecule is O=C(Oc1ccc([SH]2CCCC2)c2ccccc12)C1CC2CCC1C2. The van der Waals surface area contributed by atoms with Crippen molar-refractivity contribution in [2.24, 2.45) is 17.8 Å². The molecule has 2 bridgehead atoms. The Morgan fingerprint density at radius 1 is 0.960 bits per heavy atom. The van der Waals surface area contributed by atoms with Gasteiger partial charge in [-0.2, -0.15) is 0 Å². The number of carbonyl (C=O) groups is 1. The maximum Gasteiger partial charge on any atom is 0.314 e. The van der Waals surface area contributed by atoms with E-state index < -0.39 is 0 Å². The van der Waals surface area contributed by atoms with Crippen molar-refractivity contribution in [1.82, 2.24) is 0 Å². The molecule has 3 heteroatoms. The zero-order chi connectivity index (χ0) is 16.8. The van der Waals surface area contributed by atoms with Crippen LogP contribution in [0, 0.1) is 17.8 Å². The summed E-state index contributed by atoms with van der Waals surface area (Å²) in [5.41, 5.74) is 0. The van der Waals surface area contributed by atoms with E-state index in [2.05, 4.69) is 36.4 Å². The van der Waals surface area contributed by atoms with Crippen molar-refractivity contribution in [1.29, 1.82) is 0 Å². The van der Waals surface area contributed by atoms with E-state index in [1.807, 2.05) is 0 Å². The summed E-state index contributed by atoms with van der Waals surface area (Å²) >= 11 is 0. The molecule has 3 unspecified atom stereocenters. The predicted octanol–water partition coefficient (Wildman–Crippen LogP) is 5.34. The lowest BCUT2D eigenvalue weighted by molar-refractivity contribution is -0.140. The van der Waals surface area contributed by atoms with Crippen molar-refractivity contribution >= 4 is 27.6 Å². The van der Waals surface area contributed by atoms with Crippen molar-refractivity contribution in [2.75, 3.05) is 11.5 Å². The van der Waals surface area contributed by atoms with E-state index in [9.17, 15) is 4.79 Å². The molecule has 2 saturated carbocycles. The molecule has 2 aliphatic carbocycles. The molecule has 3 fully saturated rings. The lowest BCUT2D eigenvalue weighted by Gasteiger charge is -2.22. The van der Waals surface area contributed by atoms with Crippen molar-refractivity contribution < 1.29 is 9.53 Å². The van der Waals surface area contributed by atoms with Crippen LogP contribution in [-0.2, 0) is 4.79 Å². The molecule has 0 N–H and O–H groups in total. The number of carbonyl (C=O) groups excluding carboxylic acids is 1. The van der Waals surface area contributed by atoms with Crippen LogP contribution in [0.5, 0.6) is 5.75 Å². The second-order valence-corrected chi connectivity index (χ2v) is 10.5. The van der Waals surface area contributed by atoms with Crippen LogP contribution in [0.2, 0.25) is 0 Å². The van der Waals surface area contributed by atoms with Crippen LogP contribution in [0.3, 0.4) is 0 Å². The van der Waals surface area contributed by atoms with Crippen LogP contribution in [0.25, 0.3) is 10.8 Å². The smallest absolute Gasteiger partial charge is 0.314 e. The lowest BCUT2D eigenvalue weighted by atomic mass is 9.89. The standard InChI is InChI=1S/C22H26O2S/c23-22(19-14-15-7-8-16(19)13-15)24-20-9-10-21(25-11-3-4-12-25)18-6-2-1-5-17(18)20/h1-2,5-6,9-10,15-16,19,25H,3-4,7-8,11-14H2. The molecule has 3 atom stereocenters. The van der Waals surface area contributed by atoms with Crippen LogP contribution in [0.1, 0.15) is 38.5 Å². The number of hydrogen-bond acceptors (Lipinski definition) is 2. The predicted molar refractivity (Wildman–Crippen MR) is 105 cm³/mol. The molecule has 2 aromatic rings. The fourth-order valence-electron chi connectivity index (χ4n) is 5.30. The Morgan fingerprint density at radius 2 is 1.76 bits per heavy atom. The minimum atomic E-state index is -0.0259. The van der Waals surface area contributed by atoms with Crippen LogP contribution in [0.15, 0.2) is 41.3 Å². The largest absolute Gasteiger partial charge is 0.426 e. The number of hydrogen-bond donors (Lipinski definition) is 1. The van der Waals surface area contributed by atoms with Gasteiger partial charge in [-0.3, -0.25) is 4.79 Å². The van der Waals surface area contributed by atoms with Gasteiger partial charge in [0.15, 0.2) is 0 Å². The Bertz CT molecular complexity index is 809. The fourth-order valence-corrected chi connectivity index (χ4v) is 8.03. The summed E-state index contributed by atoms with van der Waals surface area (Å²) in [6.07, 6.45) is 7.54. The molecular formula is C22H26O2S. The second kappa shape index (κ2) is 6.35. The van der Waals surface area contributed by atoms with E-state index in [-0.39, 0.29) is 22.8 Å². The van der Waals surface area contributed by atoms with Gasteiger partial charge >= 0.3 is 5.97 Å². The molecule has 5 rings (SSSR count). The van der Waals surface area contributed by atoms with E-state index in [0.717, 1.165) is 23.5 Å². The minimum absolute atomic E-state index is 0.0108. The van der Waals surface area contributed by atoms with Gasteiger partial charge in [-0.15, -0.1) is 0 Å². The Balaban J connectivity index is 1.45. The van der Waals surface area contributed by atoms with Crippen molar-refractivity contribution in [3.63, 3.8) is 0 Å². The molecule has 0 spiro atoms. The van der Waals surface area contributed by atoms with E-state index >= 15 is 0 Å². The van der Waals surface area contributed by atoms with Gasteiger partial charge < -0.3 is 4.74 Å². The van der Waals surface area contributed by atoms with Crippen molar-refractivity contribution in [3.05, 3.63) is 36.4 Å². The van der Waals surface area contributed by atoms with Gasteiger partial charge in [0.25, 0.3) is 0 Å². The van der Waals surface area contributed by atoms with E-state index in [1.54, 1.807) is 0 Å². The van der Waals surface area contributed by atoms with Gasteiger partial charge in [0, 0.05) is 5.39 Å². The average molecular weight is 355 g/mol. The van der Waals surface area contributed by atoms with Gasteiger partial charge in [-0.1, -0.05) is 30.7 Å². The molecule has 1 saturated heterocycles. The molecule has 132 valence electrons. The molecule has 0 aromatic heterocycles. The molecule has 1 aliphatic heterocycles. The first-order chi connectivity index (χ1) is 12.3. The Kier molecular flexibility index (Phi) is 4.00. The topological polar surface area (TPSA) is 26.3 Å². The summed E-state index contributed by atoms with van der Waals surface area (Å²) in [5, 5.41) is 2.42. The molecular weight excluding hydrogens is 328 g/mol. The third-order valence-corrected chi connectivity index (χ3v) is 9.34. The Morgan fingerprint density at radius 3 is 2.48 bits per heavy atom. The van der Waals surface area contributed by atoms with Gasteiger partial charge in [-0.05, 0) is 77.9 Å². The third-order valence-electron chi connectivity index (χ3n) is 6.56. The molecule has 1 heterocycles. The number of thiol groups is 1. The number of benzene rings is 2. The van der Waals surface area contributed by atoms with Gasteiger partial charge in [0.05, 0.1) is 5.92 Å². The van der Waals surface area contributed by atoms with Crippen molar-refractivity contribution in [2.45, 2.75) is 43.4 Å². The molecule has 0 radical (unpaired) electrons. The highest BCUT2D eigenvalue weighted by Gasteiger charge is 2.44. The second-order valence-electron chi connectivity index (χ2n) is 8.03. The maximum absolute atomic E-state index is 12.8. The fraction of sp³-hybridized carbons (Fsp3) is 0.500. The molecule has 0 amide bonds. The normalized spacial score (nSPS) is 29.4. The zero-order valence-corrected chi connectivity index (χ0v) is 15.5. The maximum atomic E-state index is 12.8. The molecule has 2 aromatic carbocycles. The Labute approximate surface area is 152 Å². The van der Waals surface area contributed by atoms with Gasteiger partial charge in [0.2, 0.25) is 0 Å². The zero-order valence-electron chi connectivity index (χ0n) is 14.6. The van der Waals surface area contributed by atoms with Gasteiger partial charge in [-0.25, -0.2) is 10.9 Å². The number of fused-ring (bicyclic) bond motifs is 3. The van der Waals surface area contributed by atoms with E-state index in [0.29, 0.717) is 5.92 Å².